The van der Waals surface area contributed by atoms with E-state index in [4.69, 9.17) is 14.2 Å². The smallest absolute Gasteiger partial charge is 0.337 e. The number of methoxy groups -OCH3 is 2. The number of phenols is 1. The van der Waals surface area contributed by atoms with Gasteiger partial charge in [-0.2, -0.15) is 0 Å². The van der Waals surface area contributed by atoms with Crippen molar-refractivity contribution in [2.45, 2.75) is 69.7 Å². The molecule has 0 bridgehead atoms. The second-order valence-corrected chi connectivity index (χ2v) is 12.1. The topological polar surface area (TPSA) is 88.5 Å². The minimum absolute atomic E-state index is 0.0254. The summed E-state index contributed by atoms with van der Waals surface area (Å²) in [6.07, 6.45) is 9.15. The Morgan fingerprint density at radius 1 is 1.05 bits per heavy atom. The number of amides is 1. The molecule has 0 unspecified atom stereocenters. The van der Waals surface area contributed by atoms with Gasteiger partial charge in [0.15, 0.2) is 0 Å². The molecule has 2 saturated heterocycles. The molecule has 1 spiro atoms. The van der Waals surface area contributed by atoms with Crippen molar-refractivity contribution in [3.63, 3.8) is 0 Å². The van der Waals surface area contributed by atoms with Crippen molar-refractivity contribution in [2.75, 3.05) is 45.4 Å². The van der Waals surface area contributed by atoms with E-state index in [1.54, 1.807) is 37.6 Å². The summed E-state index contributed by atoms with van der Waals surface area (Å²) in [5.41, 5.74) is 2.17. The fourth-order valence-corrected chi connectivity index (χ4v) is 7.68. The van der Waals surface area contributed by atoms with Crippen LogP contribution in [-0.2, 0) is 24.5 Å². The Labute approximate surface area is 255 Å². The highest BCUT2D eigenvalue weighted by molar-refractivity contribution is 6.09. The molecule has 3 aliphatic heterocycles. The van der Waals surface area contributed by atoms with Gasteiger partial charge in [-0.05, 0) is 80.0 Å². The molecule has 2 aromatic rings. The second-order valence-electron chi connectivity index (χ2n) is 12.1. The molecule has 2 fully saturated rings. The summed E-state index contributed by atoms with van der Waals surface area (Å²) in [4.78, 5) is 31.8. The van der Waals surface area contributed by atoms with E-state index < -0.39 is 5.41 Å². The van der Waals surface area contributed by atoms with Crippen LogP contribution in [0.2, 0.25) is 0 Å². The number of carbonyl (C=O) groups is 2. The zero-order chi connectivity index (χ0) is 30.4. The molecule has 3 heterocycles. The largest absolute Gasteiger partial charge is 0.508 e. The highest BCUT2D eigenvalue weighted by Gasteiger charge is 2.62. The summed E-state index contributed by atoms with van der Waals surface area (Å²) in [6.45, 7) is 5.28. The number of rotatable bonds is 13. The molecule has 0 saturated carbocycles. The number of aromatic hydroxyl groups is 1. The van der Waals surface area contributed by atoms with Crippen LogP contribution in [0.1, 0.15) is 63.9 Å². The predicted octanol–water partition coefficient (Wildman–Crippen LogP) is 5.83. The molecule has 3 aliphatic rings. The molecule has 0 aliphatic carbocycles. The summed E-state index contributed by atoms with van der Waals surface area (Å²) >= 11 is 0. The number of benzene rings is 2. The zero-order valence-corrected chi connectivity index (χ0v) is 25.8. The summed E-state index contributed by atoms with van der Waals surface area (Å²) in [5, 5.41) is 9.40. The van der Waals surface area contributed by atoms with Crippen LogP contribution in [0.15, 0.2) is 60.4 Å². The lowest BCUT2D eigenvalue weighted by molar-refractivity contribution is -0.137. The third-order valence-electron chi connectivity index (χ3n) is 9.84. The number of hydrogen-bond acceptors (Lipinski definition) is 7. The van der Waals surface area contributed by atoms with Gasteiger partial charge in [-0.15, -0.1) is 0 Å². The van der Waals surface area contributed by atoms with Gasteiger partial charge in [0.1, 0.15) is 11.5 Å². The van der Waals surface area contributed by atoms with Crippen molar-refractivity contribution in [1.82, 2.24) is 4.90 Å². The maximum atomic E-state index is 14.5. The highest BCUT2D eigenvalue weighted by Crippen LogP contribution is 2.55. The number of esters is 1. The van der Waals surface area contributed by atoms with Crippen molar-refractivity contribution >= 4 is 17.6 Å². The Balaban J connectivity index is 1.23. The number of fused-ring (bicyclic) bond motifs is 4. The zero-order valence-electron chi connectivity index (χ0n) is 25.8. The molecular weight excluding hydrogens is 544 g/mol. The predicted molar refractivity (Wildman–Crippen MR) is 166 cm³/mol. The van der Waals surface area contributed by atoms with Crippen molar-refractivity contribution in [3.05, 3.63) is 65.9 Å². The number of ether oxygens (including phenoxy) is 3. The molecule has 4 atom stereocenters. The summed E-state index contributed by atoms with van der Waals surface area (Å²) < 4.78 is 16.3. The summed E-state index contributed by atoms with van der Waals surface area (Å²) in [7, 11) is 2.98. The Kier molecular flexibility index (Phi) is 9.96. The van der Waals surface area contributed by atoms with E-state index in [1.807, 2.05) is 11.0 Å². The Hall–Kier alpha value is -3.52. The standard InChI is InChI=1S/C35H46N2O6/c1-4-25-23-36-20-18-35(32(36)22-28(25)29(24-41-2)33(39)42-3)30-12-8-9-13-31(30)37(34(35)40)19-10-6-5-7-11-21-43-27-16-14-26(38)15-17-27/h8-9,12-17,24-25,28,32,38H,4-7,10-11,18-23H2,1-3H3/b29-24+/t25-,28-,32-,35+/m0/s1. The normalized spacial score (nSPS) is 25.1. The van der Waals surface area contributed by atoms with Gasteiger partial charge in [0.25, 0.3) is 0 Å². The van der Waals surface area contributed by atoms with Gasteiger partial charge in [-0.25, -0.2) is 4.79 Å². The first-order valence-electron chi connectivity index (χ1n) is 15.8. The summed E-state index contributed by atoms with van der Waals surface area (Å²) in [5.74, 6) is 1.14. The molecule has 5 rings (SSSR count). The molecule has 0 aromatic heterocycles. The lowest BCUT2D eigenvalue weighted by atomic mass is 9.67. The highest BCUT2D eigenvalue weighted by atomic mass is 16.5. The molecule has 8 nitrogen and oxygen atoms in total. The molecule has 0 radical (unpaired) electrons. The van der Waals surface area contributed by atoms with Gasteiger partial charge in [-0.1, -0.05) is 50.8 Å². The van der Waals surface area contributed by atoms with Gasteiger partial charge in [0.05, 0.1) is 38.1 Å². The van der Waals surface area contributed by atoms with Crippen LogP contribution in [0.25, 0.3) is 0 Å². The number of anilines is 1. The number of phenolic OH excluding ortho intramolecular Hbond substituents is 1. The maximum absolute atomic E-state index is 14.5. The van der Waals surface area contributed by atoms with E-state index in [9.17, 15) is 14.7 Å². The minimum Gasteiger partial charge on any atom is -0.508 e. The fraction of sp³-hybridized carbons (Fsp3) is 0.543. The van der Waals surface area contributed by atoms with Crippen molar-refractivity contribution in [1.29, 1.82) is 0 Å². The van der Waals surface area contributed by atoms with Crippen LogP contribution in [0.5, 0.6) is 11.5 Å². The third kappa shape index (κ3) is 6.12. The summed E-state index contributed by atoms with van der Waals surface area (Å²) in [6, 6.07) is 15.2. The number of hydrogen-bond donors (Lipinski definition) is 1. The van der Waals surface area contributed by atoms with Crippen LogP contribution >= 0.6 is 0 Å². The van der Waals surface area contributed by atoms with Crippen molar-refractivity contribution in [3.8, 4) is 11.5 Å². The van der Waals surface area contributed by atoms with Gasteiger partial charge in [0, 0.05) is 24.8 Å². The Bertz CT molecular complexity index is 1290. The monoisotopic (exact) mass is 590 g/mol. The van der Waals surface area contributed by atoms with E-state index in [0.717, 1.165) is 81.5 Å². The van der Waals surface area contributed by atoms with Crippen LogP contribution in [0.4, 0.5) is 5.69 Å². The SMILES string of the molecule is CC[C@H]1CN2CC[C@]3(C(=O)N(CCCCCCCOc4ccc(O)cc4)c4ccccc43)[C@@H]2C[C@@H]1/C(=C\OC)C(=O)OC. The van der Waals surface area contributed by atoms with E-state index >= 15 is 0 Å². The lowest BCUT2D eigenvalue weighted by Crippen LogP contribution is -2.55. The van der Waals surface area contributed by atoms with Crippen LogP contribution in [0.3, 0.4) is 0 Å². The molecule has 232 valence electrons. The van der Waals surface area contributed by atoms with Gasteiger partial charge >= 0.3 is 5.97 Å². The van der Waals surface area contributed by atoms with E-state index in [1.165, 1.54) is 7.11 Å². The lowest BCUT2D eigenvalue weighted by Gasteiger charge is -2.45. The quantitative estimate of drug-likeness (QED) is 0.136. The first-order valence-corrected chi connectivity index (χ1v) is 15.8. The second kappa shape index (κ2) is 13.8. The van der Waals surface area contributed by atoms with E-state index in [0.29, 0.717) is 24.6 Å². The number of para-hydroxylation sites is 1. The van der Waals surface area contributed by atoms with Gasteiger partial charge < -0.3 is 24.2 Å². The average molecular weight is 591 g/mol. The first-order chi connectivity index (χ1) is 20.9. The van der Waals surface area contributed by atoms with E-state index in [-0.39, 0.29) is 29.6 Å². The van der Waals surface area contributed by atoms with Gasteiger partial charge in [0.2, 0.25) is 5.91 Å². The Morgan fingerprint density at radius 3 is 2.53 bits per heavy atom. The third-order valence-corrected chi connectivity index (χ3v) is 9.84. The fourth-order valence-electron chi connectivity index (χ4n) is 7.68. The van der Waals surface area contributed by atoms with Crippen LogP contribution in [-0.4, -0.2) is 68.4 Å². The Morgan fingerprint density at radius 2 is 1.79 bits per heavy atom. The van der Waals surface area contributed by atoms with Crippen LogP contribution < -0.4 is 9.64 Å². The minimum atomic E-state index is -0.590. The number of piperidine rings is 1. The molecule has 8 heteroatoms. The van der Waals surface area contributed by atoms with Crippen molar-refractivity contribution < 1.29 is 28.9 Å². The number of carbonyl (C=O) groups excluding carboxylic acids is 2. The molecular formula is C35H46N2O6. The average Bonchev–Trinajstić information content (AvgIpc) is 3.52. The number of nitrogens with zero attached hydrogens (tertiary/aromatic N) is 2. The van der Waals surface area contributed by atoms with E-state index in [2.05, 4.69) is 30.0 Å². The first kappa shape index (κ1) is 30.9. The molecule has 2 aromatic carbocycles. The van der Waals surface area contributed by atoms with Crippen LogP contribution in [0, 0.1) is 11.8 Å². The molecule has 1 amide bonds. The molecule has 43 heavy (non-hydrogen) atoms. The number of unbranched alkanes of at least 4 members (excludes halogenated alkanes) is 4. The maximum Gasteiger partial charge on any atom is 0.337 e. The van der Waals surface area contributed by atoms with Gasteiger partial charge in [-0.3, -0.25) is 9.69 Å². The molecule has 1 N–H and O–H groups in total. The van der Waals surface area contributed by atoms with Crippen molar-refractivity contribution in [2.24, 2.45) is 11.8 Å².